The topological polar surface area (TPSA) is 85.5 Å². The van der Waals surface area contributed by atoms with Gasteiger partial charge >= 0.3 is 5.97 Å². The number of aromatic carboxylic acids is 1. The number of nitrogens with zero attached hydrogens (tertiary/aromatic N) is 2. The van der Waals surface area contributed by atoms with Gasteiger partial charge in [-0.25, -0.2) is 9.42 Å². The van der Waals surface area contributed by atoms with Gasteiger partial charge in [0, 0.05) is 4.47 Å². The maximum atomic E-state index is 11.2. The lowest BCUT2D eigenvalue weighted by molar-refractivity contribution is 0.0691. The average molecular weight is 327 g/mol. The number of carboxylic acid groups (broad SMARTS) is 1. The van der Waals surface area contributed by atoms with Crippen molar-refractivity contribution in [3.8, 4) is 5.75 Å². The summed E-state index contributed by atoms with van der Waals surface area (Å²) in [6.07, 6.45) is 0. The van der Waals surface area contributed by atoms with Gasteiger partial charge in [0.1, 0.15) is 29.3 Å². The van der Waals surface area contributed by atoms with E-state index in [-0.39, 0.29) is 12.2 Å². The molecule has 100 valence electrons. The fraction of sp³-hybridized carbons (Fsp3) is 0.250. The minimum atomic E-state index is -1.05. The van der Waals surface area contributed by atoms with Crippen molar-refractivity contribution in [2.45, 2.75) is 20.5 Å². The molecule has 6 nitrogen and oxygen atoms in total. The van der Waals surface area contributed by atoms with Crippen molar-refractivity contribution in [2.75, 3.05) is 0 Å². The predicted octanol–water partition coefficient (Wildman–Crippen LogP) is 2.73. The number of benzene rings is 1. The molecule has 0 aliphatic heterocycles. The molecule has 1 aromatic heterocycles. The number of carboxylic acids is 1. The Morgan fingerprint density at radius 1 is 1.42 bits per heavy atom. The zero-order valence-electron chi connectivity index (χ0n) is 10.3. The van der Waals surface area contributed by atoms with Gasteiger partial charge in [0.15, 0.2) is 0 Å². The molecule has 0 saturated heterocycles. The molecule has 0 atom stereocenters. The van der Waals surface area contributed by atoms with Crippen LogP contribution in [0.4, 0.5) is 0 Å². The van der Waals surface area contributed by atoms with Crippen LogP contribution in [0.2, 0.25) is 0 Å². The lowest BCUT2D eigenvalue weighted by atomic mass is 10.1. The zero-order chi connectivity index (χ0) is 14.0. The Hall–Kier alpha value is -1.89. The Balaban J connectivity index is 2.29. The lowest BCUT2D eigenvalue weighted by Gasteiger charge is -2.11. The number of aromatic nitrogens is 2. The molecule has 0 fully saturated rings. The highest BCUT2D eigenvalue weighted by atomic mass is 79.9. The van der Waals surface area contributed by atoms with Gasteiger partial charge in [0.05, 0.1) is 0 Å². The summed E-state index contributed by atoms with van der Waals surface area (Å²) in [5.41, 5.74) is 1.98. The molecule has 0 amide bonds. The highest BCUT2D eigenvalue weighted by molar-refractivity contribution is 9.10. The molecule has 19 heavy (non-hydrogen) atoms. The first-order valence-corrected chi connectivity index (χ1v) is 6.22. The van der Waals surface area contributed by atoms with Gasteiger partial charge in [0.2, 0.25) is 0 Å². The van der Waals surface area contributed by atoms with Crippen LogP contribution in [0.1, 0.15) is 27.3 Å². The van der Waals surface area contributed by atoms with E-state index in [0.717, 1.165) is 5.56 Å². The number of halogens is 1. The molecule has 2 aromatic rings. The SMILES string of the molecule is Cc1cc(Br)cc(C(=O)O)c1OCc1nonc1C. The molecule has 0 radical (unpaired) electrons. The van der Waals surface area contributed by atoms with Crippen molar-refractivity contribution < 1.29 is 19.3 Å². The van der Waals surface area contributed by atoms with Crippen LogP contribution in [-0.2, 0) is 6.61 Å². The Morgan fingerprint density at radius 3 is 2.74 bits per heavy atom. The Kier molecular flexibility index (Phi) is 3.84. The Bertz CT molecular complexity index is 624. The largest absolute Gasteiger partial charge is 0.486 e. The summed E-state index contributed by atoms with van der Waals surface area (Å²) in [5, 5.41) is 16.5. The summed E-state index contributed by atoms with van der Waals surface area (Å²) < 4.78 is 10.8. The first kappa shape index (κ1) is 13.5. The van der Waals surface area contributed by atoms with Crippen molar-refractivity contribution in [3.05, 3.63) is 39.1 Å². The van der Waals surface area contributed by atoms with Crippen LogP contribution in [0.5, 0.6) is 5.75 Å². The van der Waals surface area contributed by atoms with Crippen molar-refractivity contribution in [3.63, 3.8) is 0 Å². The fourth-order valence-corrected chi connectivity index (χ4v) is 2.17. The lowest BCUT2D eigenvalue weighted by Crippen LogP contribution is -2.06. The maximum Gasteiger partial charge on any atom is 0.339 e. The van der Waals surface area contributed by atoms with Crippen molar-refractivity contribution >= 4 is 21.9 Å². The maximum absolute atomic E-state index is 11.2. The molecule has 0 unspecified atom stereocenters. The molecule has 0 aliphatic rings. The third-order valence-electron chi connectivity index (χ3n) is 2.57. The summed E-state index contributed by atoms with van der Waals surface area (Å²) in [4.78, 5) is 11.2. The molecule has 1 aromatic carbocycles. The first-order chi connectivity index (χ1) is 8.99. The van der Waals surface area contributed by atoms with E-state index < -0.39 is 5.97 Å². The third-order valence-corrected chi connectivity index (χ3v) is 3.03. The molecule has 7 heteroatoms. The van der Waals surface area contributed by atoms with E-state index >= 15 is 0 Å². The van der Waals surface area contributed by atoms with Crippen LogP contribution < -0.4 is 4.74 Å². The quantitative estimate of drug-likeness (QED) is 0.929. The van der Waals surface area contributed by atoms with Gasteiger partial charge in [0.25, 0.3) is 0 Å². The minimum absolute atomic E-state index is 0.0981. The van der Waals surface area contributed by atoms with Gasteiger partial charge in [-0.1, -0.05) is 26.2 Å². The molecule has 1 N–H and O–H groups in total. The van der Waals surface area contributed by atoms with Crippen molar-refractivity contribution in [2.24, 2.45) is 0 Å². The summed E-state index contributed by atoms with van der Waals surface area (Å²) in [5.74, 6) is -0.729. The molecular formula is C12H11BrN2O4. The summed E-state index contributed by atoms with van der Waals surface area (Å²) in [6, 6.07) is 3.29. The van der Waals surface area contributed by atoms with Crippen LogP contribution >= 0.6 is 15.9 Å². The average Bonchev–Trinajstić information content (AvgIpc) is 2.73. The van der Waals surface area contributed by atoms with Crippen LogP contribution in [0.3, 0.4) is 0 Å². The van der Waals surface area contributed by atoms with E-state index in [4.69, 9.17) is 4.74 Å². The third kappa shape index (κ3) is 2.93. The van der Waals surface area contributed by atoms with Crippen molar-refractivity contribution in [1.82, 2.24) is 10.3 Å². The highest BCUT2D eigenvalue weighted by Gasteiger charge is 2.16. The van der Waals surface area contributed by atoms with E-state index in [0.29, 0.717) is 21.6 Å². The number of hydrogen-bond donors (Lipinski definition) is 1. The van der Waals surface area contributed by atoms with Gasteiger partial charge in [-0.15, -0.1) is 0 Å². The van der Waals surface area contributed by atoms with E-state index in [2.05, 4.69) is 30.9 Å². The summed E-state index contributed by atoms with van der Waals surface area (Å²) in [7, 11) is 0. The van der Waals surface area contributed by atoms with E-state index in [1.54, 1.807) is 19.9 Å². The molecule has 0 spiro atoms. The van der Waals surface area contributed by atoms with Crippen LogP contribution in [0.15, 0.2) is 21.2 Å². The second-order valence-electron chi connectivity index (χ2n) is 3.99. The van der Waals surface area contributed by atoms with Gasteiger partial charge in [-0.05, 0) is 31.5 Å². The number of ether oxygens (including phenoxy) is 1. The molecular weight excluding hydrogens is 316 g/mol. The first-order valence-electron chi connectivity index (χ1n) is 5.43. The summed E-state index contributed by atoms with van der Waals surface area (Å²) in [6.45, 7) is 3.63. The Labute approximate surface area is 117 Å². The second kappa shape index (κ2) is 5.40. The van der Waals surface area contributed by atoms with Gasteiger partial charge < -0.3 is 9.84 Å². The van der Waals surface area contributed by atoms with E-state index in [9.17, 15) is 9.90 Å². The Morgan fingerprint density at radius 2 is 2.16 bits per heavy atom. The van der Waals surface area contributed by atoms with Gasteiger partial charge in [-0.3, -0.25) is 0 Å². The molecule has 1 heterocycles. The predicted molar refractivity (Wildman–Crippen MR) is 69.2 cm³/mol. The van der Waals surface area contributed by atoms with Crippen LogP contribution in [0.25, 0.3) is 0 Å². The molecule has 0 bridgehead atoms. The van der Waals surface area contributed by atoms with Crippen molar-refractivity contribution in [1.29, 1.82) is 0 Å². The van der Waals surface area contributed by atoms with Crippen LogP contribution in [-0.4, -0.2) is 21.4 Å². The zero-order valence-corrected chi connectivity index (χ0v) is 11.9. The molecule has 0 saturated carbocycles. The monoisotopic (exact) mass is 326 g/mol. The number of rotatable bonds is 4. The highest BCUT2D eigenvalue weighted by Crippen LogP contribution is 2.28. The summed E-state index contributed by atoms with van der Waals surface area (Å²) >= 11 is 3.26. The molecule has 0 aliphatic carbocycles. The van der Waals surface area contributed by atoms with E-state index in [1.807, 2.05) is 0 Å². The van der Waals surface area contributed by atoms with Crippen LogP contribution in [0, 0.1) is 13.8 Å². The normalized spacial score (nSPS) is 10.5. The van der Waals surface area contributed by atoms with E-state index in [1.165, 1.54) is 6.07 Å². The molecule has 2 rings (SSSR count). The fourth-order valence-electron chi connectivity index (χ4n) is 1.60. The second-order valence-corrected chi connectivity index (χ2v) is 4.91. The number of hydrogen-bond acceptors (Lipinski definition) is 5. The smallest absolute Gasteiger partial charge is 0.339 e. The number of carbonyl (C=O) groups is 1. The number of aryl methyl sites for hydroxylation is 2. The standard InChI is InChI=1S/C12H11BrN2O4/c1-6-3-8(13)4-9(12(16)17)11(6)18-5-10-7(2)14-19-15-10/h3-4H,5H2,1-2H3,(H,16,17). The minimum Gasteiger partial charge on any atom is -0.486 e. The van der Waals surface area contributed by atoms with Gasteiger partial charge in [-0.2, -0.15) is 0 Å².